The van der Waals surface area contributed by atoms with E-state index in [1.807, 2.05) is 13.8 Å². The summed E-state index contributed by atoms with van der Waals surface area (Å²) in [5.74, 6) is 0.102. The summed E-state index contributed by atoms with van der Waals surface area (Å²) in [6.45, 7) is 4.27. The highest BCUT2D eigenvalue weighted by Crippen LogP contribution is 2.03. The molecular weight excluding hydrogens is 172 g/mol. The van der Waals surface area contributed by atoms with Gasteiger partial charge in [-0.3, -0.25) is 0 Å². The lowest BCUT2D eigenvalue weighted by atomic mass is 10.2. The lowest BCUT2D eigenvalue weighted by molar-refractivity contribution is -0.0143. The molecule has 0 aromatic heterocycles. The third kappa shape index (κ3) is 4.69. The summed E-state index contributed by atoms with van der Waals surface area (Å²) in [5, 5.41) is 11.3. The van der Waals surface area contributed by atoms with Crippen LogP contribution in [0.25, 0.3) is 0 Å². The first-order chi connectivity index (χ1) is 6.15. The number of methoxy groups -OCH3 is 1. The number of rotatable bonds is 6. The van der Waals surface area contributed by atoms with Gasteiger partial charge < -0.3 is 20.4 Å². The van der Waals surface area contributed by atoms with Crippen LogP contribution < -0.4 is 5.73 Å². The summed E-state index contributed by atoms with van der Waals surface area (Å²) in [7, 11) is 1.60. The minimum atomic E-state index is -0.338. The molecule has 0 aliphatic carbocycles. The maximum atomic E-state index is 8.43. The molecule has 0 radical (unpaired) electrons. The minimum absolute atomic E-state index is 0.0600. The van der Waals surface area contributed by atoms with E-state index in [1.165, 1.54) is 0 Å². The molecule has 78 valence electrons. The zero-order valence-electron chi connectivity index (χ0n) is 8.36. The summed E-state index contributed by atoms with van der Waals surface area (Å²) >= 11 is 0. The van der Waals surface area contributed by atoms with Crippen molar-refractivity contribution in [2.45, 2.75) is 32.5 Å². The van der Waals surface area contributed by atoms with E-state index in [2.05, 4.69) is 5.16 Å². The third-order valence-electron chi connectivity index (χ3n) is 1.61. The number of hydrogen-bond donors (Lipinski definition) is 2. The van der Waals surface area contributed by atoms with E-state index in [0.29, 0.717) is 13.0 Å². The molecule has 2 atom stereocenters. The zero-order chi connectivity index (χ0) is 10.3. The molecule has 13 heavy (non-hydrogen) atoms. The van der Waals surface area contributed by atoms with Crippen molar-refractivity contribution in [3.05, 3.63) is 0 Å². The first-order valence-electron chi connectivity index (χ1n) is 4.27. The predicted octanol–water partition coefficient (Wildman–Crippen LogP) is 0.563. The van der Waals surface area contributed by atoms with Crippen molar-refractivity contribution in [1.29, 1.82) is 0 Å². The highest BCUT2D eigenvalue weighted by Gasteiger charge is 2.15. The second kappa shape index (κ2) is 6.68. The average molecular weight is 190 g/mol. The lowest BCUT2D eigenvalue weighted by Gasteiger charge is -2.19. The molecule has 0 spiro atoms. The van der Waals surface area contributed by atoms with Crippen molar-refractivity contribution < 1.29 is 14.7 Å². The first-order valence-corrected chi connectivity index (χ1v) is 4.27. The van der Waals surface area contributed by atoms with Crippen molar-refractivity contribution in [2.24, 2.45) is 10.9 Å². The summed E-state index contributed by atoms with van der Waals surface area (Å²) < 4.78 is 10.3. The fourth-order valence-corrected chi connectivity index (χ4v) is 0.994. The van der Waals surface area contributed by atoms with Gasteiger partial charge in [0.05, 0.1) is 12.7 Å². The summed E-state index contributed by atoms with van der Waals surface area (Å²) in [4.78, 5) is 0. The molecule has 0 bridgehead atoms. The molecule has 3 N–H and O–H groups in total. The largest absolute Gasteiger partial charge is 0.409 e. The van der Waals surface area contributed by atoms with Crippen molar-refractivity contribution in [1.82, 2.24) is 0 Å². The number of oxime groups is 1. The van der Waals surface area contributed by atoms with E-state index in [4.69, 9.17) is 20.4 Å². The normalized spacial score (nSPS) is 17.0. The van der Waals surface area contributed by atoms with Gasteiger partial charge in [0.2, 0.25) is 0 Å². The second-order valence-corrected chi connectivity index (χ2v) is 2.82. The fraction of sp³-hybridized carbons (Fsp3) is 0.875. The van der Waals surface area contributed by atoms with Gasteiger partial charge in [0.25, 0.3) is 0 Å². The van der Waals surface area contributed by atoms with Crippen LogP contribution in [0, 0.1) is 0 Å². The molecule has 0 aromatic rings. The van der Waals surface area contributed by atoms with Crippen LogP contribution in [0.4, 0.5) is 0 Å². The van der Waals surface area contributed by atoms with Gasteiger partial charge in [-0.05, 0) is 13.3 Å². The van der Waals surface area contributed by atoms with E-state index in [0.717, 1.165) is 0 Å². The lowest BCUT2D eigenvalue weighted by Crippen LogP contribution is -2.34. The van der Waals surface area contributed by atoms with E-state index in [9.17, 15) is 0 Å². The van der Waals surface area contributed by atoms with Gasteiger partial charge in [-0.15, -0.1) is 0 Å². The fourth-order valence-electron chi connectivity index (χ4n) is 0.994. The van der Waals surface area contributed by atoms with Gasteiger partial charge >= 0.3 is 0 Å². The average Bonchev–Trinajstić information content (AvgIpc) is 2.13. The molecule has 0 saturated carbocycles. The van der Waals surface area contributed by atoms with Gasteiger partial charge in [-0.2, -0.15) is 0 Å². The molecule has 5 nitrogen and oxygen atoms in total. The topological polar surface area (TPSA) is 77.1 Å². The quantitative estimate of drug-likeness (QED) is 0.278. The Labute approximate surface area is 78.5 Å². The molecule has 0 fully saturated rings. The molecular formula is C8H18N2O3. The van der Waals surface area contributed by atoms with Crippen molar-refractivity contribution in [3.8, 4) is 0 Å². The van der Waals surface area contributed by atoms with Crippen LogP contribution in [0.3, 0.4) is 0 Å². The number of amidine groups is 1. The number of nitrogens with zero attached hydrogens (tertiary/aromatic N) is 1. The van der Waals surface area contributed by atoms with Crippen LogP contribution in [0.15, 0.2) is 5.16 Å². The van der Waals surface area contributed by atoms with Gasteiger partial charge in [0.15, 0.2) is 5.84 Å². The van der Waals surface area contributed by atoms with Crippen LogP contribution in [0.5, 0.6) is 0 Å². The molecule has 0 amide bonds. The Balaban J connectivity index is 3.97. The highest BCUT2D eigenvalue weighted by atomic mass is 16.5. The van der Waals surface area contributed by atoms with Crippen LogP contribution in [-0.4, -0.2) is 37.0 Å². The van der Waals surface area contributed by atoms with Crippen LogP contribution >= 0.6 is 0 Å². The Bertz CT molecular complexity index is 161. The second-order valence-electron chi connectivity index (χ2n) is 2.82. The van der Waals surface area contributed by atoms with Gasteiger partial charge in [-0.1, -0.05) is 12.1 Å². The Morgan fingerprint density at radius 1 is 1.62 bits per heavy atom. The smallest absolute Gasteiger partial charge is 0.168 e. The van der Waals surface area contributed by atoms with E-state index < -0.39 is 0 Å². The van der Waals surface area contributed by atoms with E-state index >= 15 is 0 Å². The highest BCUT2D eigenvalue weighted by molar-refractivity contribution is 5.84. The maximum Gasteiger partial charge on any atom is 0.168 e. The van der Waals surface area contributed by atoms with Gasteiger partial charge in [-0.25, -0.2) is 0 Å². The molecule has 0 aliphatic rings. The van der Waals surface area contributed by atoms with Crippen LogP contribution in [-0.2, 0) is 9.47 Å². The monoisotopic (exact) mass is 190 g/mol. The Morgan fingerprint density at radius 3 is 2.62 bits per heavy atom. The minimum Gasteiger partial charge on any atom is -0.409 e. The molecule has 2 unspecified atom stereocenters. The molecule has 0 rings (SSSR count). The third-order valence-corrected chi connectivity index (χ3v) is 1.61. The molecule has 0 heterocycles. The molecule has 0 aliphatic heterocycles. The Morgan fingerprint density at radius 2 is 2.23 bits per heavy atom. The Kier molecular flexibility index (Phi) is 6.26. The Hall–Kier alpha value is -0.810. The van der Waals surface area contributed by atoms with E-state index in [1.54, 1.807) is 7.11 Å². The van der Waals surface area contributed by atoms with Gasteiger partial charge in [0.1, 0.15) is 6.10 Å². The van der Waals surface area contributed by atoms with Crippen molar-refractivity contribution in [3.63, 3.8) is 0 Å². The van der Waals surface area contributed by atoms with Crippen LogP contribution in [0.1, 0.15) is 20.3 Å². The number of ether oxygens (including phenoxy) is 2. The molecule has 0 saturated heterocycles. The van der Waals surface area contributed by atoms with Crippen molar-refractivity contribution >= 4 is 5.84 Å². The SMILES string of the molecule is CCC(OC(C)COC)C(N)=NO. The van der Waals surface area contributed by atoms with Crippen molar-refractivity contribution in [2.75, 3.05) is 13.7 Å². The number of nitrogens with two attached hydrogens (primary N) is 1. The molecule has 5 heteroatoms. The standard InChI is InChI=1S/C8H18N2O3/c1-4-7(8(9)10-11)13-6(2)5-12-3/h6-7,11H,4-5H2,1-3H3,(H2,9,10). The summed E-state index contributed by atoms with van der Waals surface area (Å²) in [6.07, 6.45) is 0.273. The van der Waals surface area contributed by atoms with Crippen LogP contribution in [0.2, 0.25) is 0 Å². The first kappa shape index (κ1) is 12.2. The predicted molar refractivity (Wildman–Crippen MR) is 49.9 cm³/mol. The van der Waals surface area contributed by atoms with Gasteiger partial charge in [0, 0.05) is 7.11 Å². The summed E-state index contributed by atoms with van der Waals surface area (Å²) in [6, 6.07) is 0. The molecule has 0 aromatic carbocycles. The summed E-state index contributed by atoms with van der Waals surface area (Å²) in [5.41, 5.74) is 5.41. The number of hydrogen-bond acceptors (Lipinski definition) is 4. The zero-order valence-corrected chi connectivity index (χ0v) is 8.36. The van der Waals surface area contributed by atoms with E-state index in [-0.39, 0.29) is 18.0 Å². The maximum absolute atomic E-state index is 8.43.